The first-order chi connectivity index (χ1) is 12.5. The molecule has 2 aromatic rings. The first-order valence-corrected chi connectivity index (χ1v) is 9.19. The van der Waals surface area contributed by atoms with E-state index in [-0.39, 0.29) is 18.1 Å². The van der Waals surface area contributed by atoms with Crippen LogP contribution in [0.15, 0.2) is 29.1 Å². The second-order valence-electron chi connectivity index (χ2n) is 7.29. The standard InChI is InChI=1S/C19H23FN4O2/c1-13-5-7-14(8-6-13)11-23-19(26)24-16(3-2-4-17(24)21-23)18(25)22-10-9-15(20)12-22/h5-8,15-16H,2-4,9-12H2,1H3/t15-,16-/m0/s1. The third-order valence-corrected chi connectivity index (χ3v) is 5.31. The molecule has 7 heteroatoms. The molecule has 0 bridgehead atoms. The average Bonchev–Trinajstić information content (AvgIpc) is 3.20. The number of halogens is 1. The molecule has 1 aromatic heterocycles. The molecule has 1 saturated heterocycles. The number of nitrogens with zero attached hydrogens (tertiary/aromatic N) is 4. The van der Waals surface area contributed by atoms with Gasteiger partial charge in [-0.15, -0.1) is 0 Å². The van der Waals surface area contributed by atoms with E-state index in [1.165, 1.54) is 9.25 Å². The topological polar surface area (TPSA) is 60.1 Å². The van der Waals surface area contributed by atoms with Crippen LogP contribution >= 0.6 is 0 Å². The van der Waals surface area contributed by atoms with Gasteiger partial charge in [0.15, 0.2) is 0 Å². The summed E-state index contributed by atoms with van der Waals surface area (Å²) < 4.78 is 16.4. The van der Waals surface area contributed by atoms with E-state index in [9.17, 15) is 14.0 Å². The predicted octanol–water partition coefficient (Wildman–Crippen LogP) is 1.85. The van der Waals surface area contributed by atoms with Crippen molar-refractivity contribution in [2.24, 2.45) is 0 Å². The zero-order valence-corrected chi connectivity index (χ0v) is 14.9. The van der Waals surface area contributed by atoms with Gasteiger partial charge < -0.3 is 4.90 Å². The van der Waals surface area contributed by atoms with E-state index in [1.807, 2.05) is 31.2 Å². The van der Waals surface area contributed by atoms with E-state index < -0.39 is 12.2 Å². The van der Waals surface area contributed by atoms with Gasteiger partial charge in [0, 0.05) is 13.0 Å². The highest BCUT2D eigenvalue weighted by Gasteiger charge is 2.36. The molecule has 2 aliphatic rings. The minimum absolute atomic E-state index is 0.136. The zero-order chi connectivity index (χ0) is 18.3. The molecule has 2 aliphatic heterocycles. The van der Waals surface area contributed by atoms with Crippen molar-refractivity contribution >= 4 is 5.91 Å². The number of carbonyl (C=O) groups excluding carboxylic acids is 1. The Morgan fingerprint density at radius 3 is 2.73 bits per heavy atom. The molecule has 6 nitrogen and oxygen atoms in total. The summed E-state index contributed by atoms with van der Waals surface area (Å²) in [6.07, 6.45) is 1.53. The van der Waals surface area contributed by atoms with E-state index in [0.717, 1.165) is 17.5 Å². The maximum atomic E-state index is 13.5. The van der Waals surface area contributed by atoms with Crippen molar-refractivity contribution in [1.29, 1.82) is 0 Å². The Balaban J connectivity index is 1.62. The first kappa shape index (κ1) is 17.0. The van der Waals surface area contributed by atoms with Crippen molar-refractivity contribution in [1.82, 2.24) is 19.2 Å². The molecule has 1 aromatic carbocycles. The van der Waals surface area contributed by atoms with Crippen molar-refractivity contribution in [3.8, 4) is 0 Å². The second-order valence-corrected chi connectivity index (χ2v) is 7.29. The Morgan fingerprint density at radius 1 is 1.27 bits per heavy atom. The van der Waals surface area contributed by atoms with Crippen LogP contribution in [0.2, 0.25) is 0 Å². The molecule has 26 heavy (non-hydrogen) atoms. The summed E-state index contributed by atoms with van der Waals surface area (Å²) in [4.78, 5) is 27.3. The third kappa shape index (κ3) is 3.06. The molecule has 4 rings (SSSR count). The van der Waals surface area contributed by atoms with Gasteiger partial charge in [-0.3, -0.25) is 9.36 Å². The maximum Gasteiger partial charge on any atom is 0.346 e. The molecule has 0 aliphatic carbocycles. The molecule has 0 N–H and O–H groups in total. The number of aromatic nitrogens is 3. The number of aryl methyl sites for hydroxylation is 2. The molecule has 0 spiro atoms. The molecule has 0 saturated carbocycles. The van der Waals surface area contributed by atoms with Crippen molar-refractivity contribution in [3.63, 3.8) is 0 Å². The summed E-state index contributed by atoms with van der Waals surface area (Å²) in [7, 11) is 0. The number of fused-ring (bicyclic) bond motifs is 1. The third-order valence-electron chi connectivity index (χ3n) is 5.31. The van der Waals surface area contributed by atoms with Gasteiger partial charge in [-0.2, -0.15) is 5.10 Å². The van der Waals surface area contributed by atoms with Crippen molar-refractivity contribution < 1.29 is 9.18 Å². The molecule has 138 valence electrons. The van der Waals surface area contributed by atoms with E-state index in [1.54, 1.807) is 4.90 Å². The zero-order valence-electron chi connectivity index (χ0n) is 14.9. The fourth-order valence-electron chi connectivity index (χ4n) is 3.86. The van der Waals surface area contributed by atoms with Gasteiger partial charge in [0.2, 0.25) is 5.91 Å². The van der Waals surface area contributed by atoms with Crippen molar-refractivity contribution in [2.75, 3.05) is 13.1 Å². The molecule has 3 heterocycles. The molecular weight excluding hydrogens is 335 g/mol. The van der Waals surface area contributed by atoms with Gasteiger partial charge in [0.05, 0.1) is 13.1 Å². The van der Waals surface area contributed by atoms with Crippen LogP contribution in [0.1, 0.15) is 42.3 Å². The van der Waals surface area contributed by atoms with Crippen LogP contribution in [-0.2, 0) is 17.8 Å². The molecular formula is C19H23FN4O2. The van der Waals surface area contributed by atoms with E-state index in [0.29, 0.717) is 38.2 Å². The Kier molecular flexibility index (Phi) is 4.38. The van der Waals surface area contributed by atoms with Crippen LogP contribution in [0.5, 0.6) is 0 Å². The van der Waals surface area contributed by atoms with Gasteiger partial charge in [-0.25, -0.2) is 13.9 Å². The summed E-state index contributed by atoms with van der Waals surface area (Å²) in [5.41, 5.74) is 1.90. The maximum absolute atomic E-state index is 13.5. The minimum atomic E-state index is -0.956. The van der Waals surface area contributed by atoms with Crippen LogP contribution in [0, 0.1) is 6.92 Å². The SMILES string of the molecule is Cc1ccc(Cn2nc3n(c2=O)[C@H](C(=O)N2CC[C@H](F)C2)CCC3)cc1. The number of amides is 1. The first-order valence-electron chi connectivity index (χ1n) is 9.19. The Bertz CT molecular complexity index is 871. The number of rotatable bonds is 3. The summed E-state index contributed by atoms with van der Waals surface area (Å²) in [5.74, 6) is 0.505. The number of alkyl halides is 1. The highest BCUT2D eigenvalue weighted by Crippen LogP contribution is 2.26. The highest BCUT2D eigenvalue weighted by molar-refractivity contribution is 5.81. The lowest BCUT2D eigenvalue weighted by molar-refractivity contribution is -0.134. The van der Waals surface area contributed by atoms with E-state index in [2.05, 4.69) is 5.10 Å². The van der Waals surface area contributed by atoms with Crippen molar-refractivity contribution in [3.05, 3.63) is 51.7 Å². The average molecular weight is 358 g/mol. The van der Waals surface area contributed by atoms with Gasteiger partial charge in [0.1, 0.15) is 18.0 Å². The van der Waals surface area contributed by atoms with Gasteiger partial charge in [0.25, 0.3) is 0 Å². The smallest absolute Gasteiger partial charge is 0.338 e. The second kappa shape index (κ2) is 6.70. The number of hydrogen-bond acceptors (Lipinski definition) is 3. The van der Waals surface area contributed by atoms with Crippen LogP contribution in [0.4, 0.5) is 4.39 Å². The number of hydrogen-bond donors (Lipinski definition) is 0. The van der Waals surface area contributed by atoms with Crippen LogP contribution in [0.25, 0.3) is 0 Å². The molecule has 0 radical (unpaired) electrons. The number of carbonyl (C=O) groups is 1. The molecule has 1 fully saturated rings. The van der Waals surface area contributed by atoms with Crippen molar-refractivity contribution in [2.45, 2.75) is 51.4 Å². The van der Waals surface area contributed by atoms with Crippen LogP contribution in [-0.4, -0.2) is 44.4 Å². The summed E-state index contributed by atoms with van der Waals surface area (Å²) in [5, 5.41) is 4.46. The summed E-state index contributed by atoms with van der Waals surface area (Å²) in [6.45, 7) is 2.97. The highest BCUT2D eigenvalue weighted by atomic mass is 19.1. The largest absolute Gasteiger partial charge is 0.346 e. The Labute approximate surface area is 151 Å². The predicted molar refractivity (Wildman–Crippen MR) is 94.8 cm³/mol. The van der Waals surface area contributed by atoms with E-state index >= 15 is 0 Å². The lowest BCUT2D eigenvalue weighted by Gasteiger charge is -2.26. The lowest BCUT2D eigenvalue weighted by atomic mass is 10.0. The summed E-state index contributed by atoms with van der Waals surface area (Å²) in [6, 6.07) is 7.42. The van der Waals surface area contributed by atoms with E-state index in [4.69, 9.17) is 0 Å². The monoisotopic (exact) mass is 358 g/mol. The Hall–Kier alpha value is -2.44. The minimum Gasteiger partial charge on any atom is -0.338 e. The van der Waals surface area contributed by atoms with Gasteiger partial charge >= 0.3 is 5.69 Å². The fourth-order valence-corrected chi connectivity index (χ4v) is 3.86. The molecule has 2 atom stereocenters. The number of benzene rings is 1. The molecule has 1 amide bonds. The summed E-state index contributed by atoms with van der Waals surface area (Å²) >= 11 is 0. The number of likely N-dealkylation sites (tertiary alicyclic amines) is 1. The normalized spacial score (nSPS) is 22.5. The lowest BCUT2D eigenvalue weighted by Crippen LogP contribution is -2.41. The van der Waals surface area contributed by atoms with Gasteiger partial charge in [-0.05, 0) is 31.7 Å². The van der Waals surface area contributed by atoms with Gasteiger partial charge in [-0.1, -0.05) is 29.8 Å². The van der Waals surface area contributed by atoms with Crippen LogP contribution < -0.4 is 5.69 Å². The Morgan fingerprint density at radius 2 is 2.04 bits per heavy atom. The molecule has 0 unspecified atom stereocenters. The fraction of sp³-hybridized carbons (Fsp3) is 0.526. The quantitative estimate of drug-likeness (QED) is 0.841. The van der Waals surface area contributed by atoms with Crippen LogP contribution in [0.3, 0.4) is 0 Å².